The molecule has 114 valence electrons. The second-order valence-electron chi connectivity index (χ2n) is 7.88. The van der Waals surface area contributed by atoms with Crippen LogP contribution in [0.5, 0.6) is 0 Å². The molecule has 2 rings (SSSR count). The van der Waals surface area contributed by atoms with Crippen molar-refractivity contribution in [3.63, 3.8) is 0 Å². The second kappa shape index (κ2) is 5.19. The van der Waals surface area contributed by atoms with E-state index in [1.807, 2.05) is 0 Å². The Labute approximate surface area is 143 Å². The fourth-order valence-corrected chi connectivity index (χ4v) is 8.73. The first-order valence-electron chi connectivity index (χ1n) is 8.00. The summed E-state index contributed by atoms with van der Waals surface area (Å²) >= 11 is -0.730. The van der Waals surface area contributed by atoms with Gasteiger partial charge in [-0.25, -0.2) is 0 Å². The van der Waals surface area contributed by atoms with E-state index in [1.54, 1.807) is 40.0 Å². The SMILES string of the molecule is CC1=C(C)C(C)(C)[C]([Zr][C]2=C(C)C(C)=C(C)C2(C)C)=C1C. The number of hydrogen-bond donors (Lipinski definition) is 0. The Morgan fingerprint density at radius 3 is 1.00 bits per heavy atom. The van der Waals surface area contributed by atoms with Crippen molar-refractivity contribution < 1.29 is 23.2 Å². The van der Waals surface area contributed by atoms with Gasteiger partial charge in [0.25, 0.3) is 0 Å². The van der Waals surface area contributed by atoms with Gasteiger partial charge >= 0.3 is 143 Å². The van der Waals surface area contributed by atoms with Crippen molar-refractivity contribution in [3.05, 3.63) is 40.0 Å². The van der Waals surface area contributed by atoms with E-state index in [1.165, 1.54) is 0 Å². The molecule has 0 N–H and O–H groups in total. The summed E-state index contributed by atoms with van der Waals surface area (Å²) in [5.41, 5.74) is 10.0. The van der Waals surface area contributed by atoms with E-state index in [0.29, 0.717) is 0 Å². The van der Waals surface area contributed by atoms with Crippen LogP contribution in [-0.2, 0) is 23.2 Å². The van der Waals surface area contributed by atoms with Crippen LogP contribution < -0.4 is 0 Å². The Morgan fingerprint density at radius 1 is 0.524 bits per heavy atom. The summed E-state index contributed by atoms with van der Waals surface area (Å²) in [7, 11) is 0. The van der Waals surface area contributed by atoms with Crippen LogP contribution in [0, 0.1) is 10.8 Å². The molecule has 0 nitrogen and oxygen atoms in total. The number of hydrogen-bond acceptors (Lipinski definition) is 0. The molecule has 0 unspecified atom stereocenters. The van der Waals surface area contributed by atoms with Crippen LogP contribution in [0.4, 0.5) is 0 Å². The number of allylic oxidation sites excluding steroid dienone is 8. The van der Waals surface area contributed by atoms with Crippen LogP contribution in [0.15, 0.2) is 40.0 Å². The zero-order chi connectivity index (χ0) is 16.3. The molecule has 0 aromatic heterocycles. The van der Waals surface area contributed by atoms with Crippen molar-refractivity contribution in [3.8, 4) is 0 Å². The third kappa shape index (κ3) is 2.35. The fourth-order valence-electron chi connectivity index (χ4n) is 3.81. The minimum atomic E-state index is -0.730. The van der Waals surface area contributed by atoms with Gasteiger partial charge in [-0.2, -0.15) is 0 Å². The monoisotopic (exact) mass is 360 g/mol. The molecule has 0 aromatic rings. The van der Waals surface area contributed by atoms with E-state index in [4.69, 9.17) is 0 Å². The maximum absolute atomic E-state index is 2.43. The van der Waals surface area contributed by atoms with Gasteiger partial charge in [0.05, 0.1) is 0 Å². The van der Waals surface area contributed by atoms with Gasteiger partial charge in [0.2, 0.25) is 0 Å². The summed E-state index contributed by atoms with van der Waals surface area (Å²) in [5.74, 6) is 0. The predicted octanol–water partition coefficient (Wildman–Crippen LogP) is 6.37. The molecule has 0 saturated heterocycles. The van der Waals surface area contributed by atoms with Crippen LogP contribution in [0.1, 0.15) is 69.2 Å². The Morgan fingerprint density at radius 2 is 0.810 bits per heavy atom. The van der Waals surface area contributed by atoms with E-state index in [-0.39, 0.29) is 10.8 Å². The molecule has 0 fully saturated rings. The van der Waals surface area contributed by atoms with Crippen LogP contribution in [0.2, 0.25) is 0 Å². The predicted molar refractivity (Wildman–Crippen MR) is 89.7 cm³/mol. The van der Waals surface area contributed by atoms with Crippen molar-refractivity contribution >= 4 is 0 Å². The average molecular weight is 362 g/mol. The molecule has 0 bridgehead atoms. The van der Waals surface area contributed by atoms with Crippen LogP contribution in [0.3, 0.4) is 0 Å². The van der Waals surface area contributed by atoms with Crippen LogP contribution in [0.25, 0.3) is 0 Å². The molecule has 2 aliphatic carbocycles. The Hall–Kier alpha value is -0.157. The maximum atomic E-state index is 2.43. The van der Waals surface area contributed by atoms with E-state index in [0.717, 1.165) is 0 Å². The van der Waals surface area contributed by atoms with Crippen LogP contribution >= 0.6 is 0 Å². The molecule has 0 atom stereocenters. The zero-order valence-corrected chi connectivity index (χ0v) is 18.0. The molecule has 0 radical (unpaired) electrons. The molecule has 0 amide bonds. The van der Waals surface area contributed by atoms with Gasteiger partial charge in [0, 0.05) is 0 Å². The van der Waals surface area contributed by atoms with Crippen molar-refractivity contribution in [2.45, 2.75) is 69.2 Å². The molecular weight excluding hydrogens is 331 g/mol. The standard InChI is InChI=1S/2C10H15.Zr/c2*1-7-6-10(4,5)9(3)8(7)2;/h2*1-5H3;. The van der Waals surface area contributed by atoms with Crippen molar-refractivity contribution in [1.29, 1.82) is 0 Å². The topological polar surface area (TPSA) is 0 Å². The molecule has 0 aliphatic heterocycles. The van der Waals surface area contributed by atoms with E-state index < -0.39 is 23.2 Å². The molecule has 0 heterocycles. The summed E-state index contributed by atoms with van der Waals surface area (Å²) in [6, 6.07) is 0. The van der Waals surface area contributed by atoms with E-state index in [9.17, 15) is 0 Å². The molecule has 0 spiro atoms. The third-order valence-electron chi connectivity index (χ3n) is 6.38. The van der Waals surface area contributed by atoms with Crippen molar-refractivity contribution in [2.24, 2.45) is 10.8 Å². The first kappa shape index (κ1) is 17.2. The average Bonchev–Trinajstić information content (AvgIpc) is 2.63. The Bertz CT molecular complexity index is 575. The van der Waals surface area contributed by atoms with Gasteiger partial charge in [-0.15, -0.1) is 0 Å². The Kier molecular flexibility index (Phi) is 4.25. The third-order valence-corrected chi connectivity index (χ3v) is 12.5. The van der Waals surface area contributed by atoms with Crippen molar-refractivity contribution in [2.75, 3.05) is 0 Å². The van der Waals surface area contributed by atoms with Gasteiger partial charge in [-0.1, -0.05) is 0 Å². The van der Waals surface area contributed by atoms with Crippen LogP contribution in [-0.4, -0.2) is 0 Å². The fraction of sp³-hybridized carbons (Fsp3) is 0.600. The second-order valence-corrected chi connectivity index (χ2v) is 10.9. The number of rotatable bonds is 2. The molecule has 0 saturated carbocycles. The van der Waals surface area contributed by atoms with Gasteiger partial charge in [0.1, 0.15) is 0 Å². The molecule has 0 aromatic carbocycles. The van der Waals surface area contributed by atoms with Gasteiger partial charge in [-0.05, 0) is 0 Å². The normalized spacial score (nSPS) is 24.7. The molecule has 2 aliphatic rings. The van der Waals surface area contributed by atoms with Gasteiger partial charge in [0.15, 0.2) is 0 Å². The summed E-state index contributed by atoms with van der Waals surface area (Å²) < 4.78 is 3.59. The van der Waals surface area contributed by atoms with Gasteiger partial charge in [-0.3, -0.25) is 0 Å². The van der Waals surface area contributed by atoms with E-state index >= 15 is 0 Å². The molecular formula is C20H30Zr. The summed E-state index contributed by atoms with van der Waals surface area (Å²) in [4.78, 5) is 0. The van der Waals surface area contributed by atoms with Gasteiger partial charge < -0.3 is 0 Å². The zero-order valence-electron chi connectivity index (χ0n) is 15.5. The summed E-state index contributed by atoms with van der Waals surface area (Å²) in [6.07, 6.45) is 0. The molecule has 1 heteroatoms. The Balaban J connectivity index is 2.47. The molecule has 21 heavy (non-hydrogen) atoms. The first-order valence-corrected chi connectivity index (χ1v) is 10.5. The first-order chi connectivity index (χ1) is 9.44. The van der Waals surface area contributed by atoms with Crippen molar-refractivity contribution in [1.82, 2.24) is 0 Å². The quantitative estimate of drug-likeness (QED) is 0.536. The van der Waals surface area contributed by atoms with E-state index in [2.05, 4.69) is 69.2 Å². The summed E-state index contributed by atoms with van der Waals surface area (Å²) in [5, 5.41) is 0. The minimum absolute atomic E-state index is 0.286. The summed E-state index contributed by atoms with van der Waals surface area (Å²) in [6.45, 7) is 23.7.